The maximum atomic E-state index is 11.8. The lowest BCUT2D eigenvalue weighted by molar-refractivity contribution is 0.244. The van der Waals surface area contributed by atoms with E-state index in [4.69, 9.17) is 0 Å². The number of pyridine rings is 1. The highest BCUT2D eigenvalue weighted by atomic mass is 32.1. The molecule has 20 heavy (non-hydrogen) atoms. The molecule has 0 saturated heterocycles. The van der Waals surface area contributed by atoms with Crippen LogP contribution in [0.15, 0.2) is 42.0 Å². The molecule has 2 amide bonds. The van der Waals surface area contributed by atoms with Crippen molar-refractivity contribution in [3.63, 3.8) is 0 Å². The van der Waals surface area contributed by atoms with Crippen LogP contribution in [0.2, 0.25) is 0 Å². The fourth-order valence-corrected chi connectivity index (χ4v) is 2.74. The number of hydrogen-bond donors (Lipinski definition) is 2. The topological polar surface area (TPSA) is 57.3 Å². The Morgan fingerprint density at radius 1 is 1.40 bits per heavy atom. The lowest BCUT2D eigenvalue weighted by Gasteiger charge is -2.23. The molecule has 0 aromatic carbocycles. The third-order valence-electron chi connectivity index (χ3n) is 2.87. The predicted octanol–water partition coefficient (Wildman–Crippen LogP) is 2.57. The van der Waals surface area contributed by atoms with E-state index in [0.717, 1.165) is 0 Å². The SMILES string of the molecule is CN(C)[C@@H](CNC(=O)Nc1cccnc1)c1cccs1. The van der Waals surface area contributed by atoms with E-state index in [0.29, 0.717) is 12.2 Å². The van der Waals surface area contributed by atoms with Gasteiger partial charge < -0.3 is 15.5 Å². The smallest absolute Gasteiger partial charge is 0.319 e. The number of hydrogen-bond acceptors (Lipinski definition) is 4. The Bertz CT molecular complexity index is 527. The molecule has 0 saturated carbocycles. The number of nitrogens with one attached hydrogen (secondary N) is 2. The molecule has 5 nitrogen and oxygen atoms in total. The molecule has 2 aromatic heterocycles. The molecule has 0 fully saturated rings. The number of aromatic nitrogens is 1. The monoisotopic (exact) mass is 290 g/mol. The predicted molar refractivity (Wildman–Crippen MR) is 82.0 cm³/mol. The van der Waals surface area contributed by atoms with Crippen LogP contribution in [0.5, 0.6) is 0 Å². The van der Waals surface area contributed by atoms with Gasteiger partial charge in [-0.15, -0.1) is 11.3 Å². The first-order valence-corrected chi connectivity index (χ1v) is 7.19. The van der Waals surface area contributed by atoms with Gasteiger partial charge in [-0.2, -0.15) is 0 Å². The van der Waals surface area contributed by atoms with Gasteiger partial charge in [0, 0.05) is 17.6 Å². The van der Waals surface area contributed by atoms with Crippen molar-refractivity contribution in [3.05, 3.63) is 46.9 Å². The summed E-state index contributed by atoms with van der Waals surface area (Å²) < 4.78 is 0. The van der Waals surface area contributed by atoms with E-state index in [2.05, 4.69) is 26.6 Å². The third kappa shape index (κ3) is 4.04. The summed E-state index contributed by atoms with van der Waals surface area (Å²) in [6, 6.07) is 7.64. The van der Waals surface area contributed by atoms with Gasteiger partial charge in [0.1, 0.15) is 0 Å². The van der Waals surface area contributed by atoms with Gasteiger partial charge >= 0.3 is 6.03 Å². The Labute approximate surface area is 122 Å². The summed E-state index contributed by atoms with van der Waals surface area (Å²) in [7, 11) is 4.01. The number of anilines is 1. The maximum absolute atomic E-state index is 11.8. The Balaban J connectivity index is 1.88. The average Bonchev–Trinajstić information content (AvgIpc) is 2.93. The molecule has 106 valence electrons. The highest BCUT2D eigenvalue weighted by Gasteiger charge is 2.16. The Hall–Kier alpha value is -1.92. The van der Waals surface area contributed by atoms with Crippen LogP contribution in [0.3, 0.4) is 0 Å². The van der Waals surface area contributed by atoms with Gasteiger partial charge in [-0.25, -0.2) is 4.79 Å². The van der Waals surface area contributed by atoms with Crippen molar-refractivity contribution in [2.24, 2.45) is 0 Å². The Morgan fingerprint density at radius 2 is 2.25 bits per heavy atom. The van der Waals surface area contributed by atoms with E-state index in [-0.39, 0.29) is 12.1 Å². The summed E-state index contributed by atoms with van der Waals surface area (Å²) in [6.45, 7) is 0.555. The molecule has 0 bridgehead atoms. The molecule has 0 spiro atoms. The summed E-state index contributed by atoms with van der Waals surface area (Å²) in [5, 5.41) is 7.69. The lowest BCUT2D eigenvalue weighted by atomic mass is 10.2. The first kappa shape index (κ1) is 14.5. The zero-order valence-corrected chi connectivity index (χ0v) is 12.4. The number of carbonyl (C=O) groups excluding carboxylic acids is 1. The zero-order chi connectivity index (χ0) is 14.4. The fourth-order valence-electron chi connectivity index (χ4n) is 1.82. The van der Waals surface area contributed by atoms with E-state index in [1.807, 2.05) is 25.5 Å². The van der Waals surface area contributed by atoms with Gasteiger partial charge in [0.25, 0.3) is 0 Å². The van der Waals surface area contributed by atoms with E-state index < -0.39 is 0 Å². The van der Waals surface area contributed by atoms with E-state index in [1.54, 1.807) is 35.9 Å². The molecule has 2 aromatic rings. The van der Waals surface area contributed by atoms with Crippen LogP contribution < -0.4 is 10.6 Å². The summed E-state index contributed by atoms with van der Waals surface area (Å²) in [5.74, 6) is 0. The van der Waals surface area contributed by atoms with Gasteiger partial charge in [-0.1, -0.05) is 6.07 Å². The number of amides is 2. The van der Waals surface area contributed by atoms with Crippen LogP contribution in [0.25, 0.3) is 0 Å². The summed E-state index contributed by atoms with van der Waals surface area (Å²) >= 11 is 1.69. The zero-order valence-electron chi connectivity index (χ0n) is 11.5. The molecule has 6 heteroatoms. The van der Waals surface area contributed by atoms with E-state index >= 15 is 0 Å². The lowest BCUT2D eigenvalue weighted by Crippen LogP contribution is -2.36. The van der Waals surface area contributed by atoms with Crippen molar-refractivity contribution in [3.8, 4) is 0 Å². The first-order chi connectivity index (χ1) is 9.66. The molecule has 0 unspecified atom stereocenters. The van der Waals surface area contributed by atoms with Crippen LogP contribution in [0.1, 0.15) is 10.9 Å². The highest BCUT2D eigenvalue weighted by molar-refractivity contribution is 7.10. The Morgan fingerprint density at radius 3 is 2.85 bits per heavy atom. The van der Waals surface area contributed by atoms with Crippen LogP contribution in [0, 0.1) is 0 Å². The molecule has 2 heterocycles. The second kappa shape index (κ2) is 7.02. The van der Waals surface area contributed by atoms with Crippen LogP contribution >= 0.6 is 11.3 Å². The summed E-state index contributed by atoms with van der Waals surface area (Å²) in [6.07, 6.45) is 3.28. The van der Waals surface area contributed by atoms with E-state index in [9.17, 15) is 4.79 Å². The molecule has 0 aliphatic rings. The molecule has 0 aliphatic carbocycles. The van der Waals surface area contributed by atoms with Crippen LogP contribution in [-0.2, 0) is 0 Å². The van der Waals surface area contributed by atoms with Gasteiger partial charge in [-0.05, 0) is 37.7 Å². The molecule has 0 radical (unpaired) electrons. The fraction of sp³-hybridized carbons (Fsp3) is 0.286. The van der Waals surface area contributed by atoms with E-state index in [1.165, 1.54) is 4.88 Å². The molecular formula is C14H18N4OS. The first-order valence-electron chi connectivity index (χ1n) is 6.31. The summed E-state index contributed by atoms with van der Waals surface area (Å²) in [4.78, 5) is 19.1. The third-order valence-corrected chi connectivity index (χ3v) is 3.84. The average molecular weight is 290 g/mol. The quantitative estimate of drug-likeness (QED) is 0.890. The number of nitrogens with zero attached hydrogens (tertiary/aromatic N) is 2. The van der Waals surface area contributed by atoms with Crippen molar-refractivity contribution >= 4 is 23.1 Å². The van der Waals surface area contributed by atoms with Gasteiger partial charge in [0.05, 0.1) is 17.9 Å². The number of likely N-dealkylation sites (N-methyl/N-ethyl adjacent to an activating group) is 1. The van der Waals surface area contributed by atoms with Crippen molar-refractivity contribution in [2.75, 3.05) is 26.0 Å². The number of carbonyl (C=O) groups is 1. The van der Waals surface area contributed by atoms with Gasteiger partial charge in [-0.3, -0.25) is 4.98 Å². The maximum Gasteiger partial charge on any atom is 0.319 e. The molecule has 0 aliphatic heterocycles. The van der Waals surface area contributed by atoms with Crippen molar-refractivity contribution in [2.45, 2.75) is 6.04 Å². The molecular weight excluding hydrogens is 272 g/mol. The minimum Gasteiger partial charge on any atom is -0.336 e. The number of rotatable bonds is 5. The highest BCUT2D eigenvalue weighted by Crippen LogP contribution is 2.22. The molecule has 2 N–H and O–H groups in total. The van der Waals surface area contributed by atoms with Crippen molar-refractivity contribution in [1.82, 2.24) is 15.2 Å². The summed E-state index contributed by atoms with van der Waals surface area (Å²) in [5.41, 5.74) is 0.683. The number of thiophene rings is 1. The van der Waals surface area contributed by atoms with Crippen LogP contribution in [0.4, 0.5) is 10.5 Å². The largest absolute Gasteiger partial charge is 0.336 e. The van der Waals surface area contributed by atoms with Gasteiger partial charge in [0.15, 0.2) is 0 Å². The standard InChI is InChI=1S/C14H18N4OS/c1-18(2)12(13-6-4-8-20-13)10-16-14(19)17-11-5-3-7-15-9-11/h3-9,12H,10H2,1-2H3,(H2,16,17,19)/t12-/m0/s1. The minimum absolute atomic E-state index is 0.176. The second-order valence-electron chi connectivity index (χ2n) is 4.57. The molecule has 1 atom stereocenters. The van der Waals surface area contributed by atoms with Crippen LogP contribution in [-0.4, -0.2) is 36.6 Å². The van der Waals surface area contributed by atoms with Gasteiger partial charge in [0.2, 0.25) is 0 Å². The van der Waals surface area contributed by atoms with Crippen molar-refractivity contribution in [1.29, 1.82) is 0 Å². The second-order valence-corrected chi connectivity index (χ2v) is 5.55. The number of urea groups is 1. The normalized spacial score (nSPS) is 12.2. The molecule has 2 rings (SSSR count). The van der Waals surface area contributed by atoms with Crippen molar-refractivity contribution < 1.29 is 4.79 Å². The minimum atomic E-state index is -0.221. The Kier molecular flexibility index (Phi) is 5.09.